The number of nitrogens with zero attached hydrogens (tertiary/aromatic N) is 3. The van der Waals surface area contributed by atoms with Gasteiger partial charge in [0.1, 0.15) is 0 Å². The number of hydrogen-bond acceptors (Lipinski definition) is 3. The van der Waals surface area contributed by atoms with E-state index in [1.807, 2.05) is 6.20 Å². The van der Waals surface area contributed by atoms with Crippen molar-refractivity contribution >= 4 is 5.69 Å². The van der Waals surface area contributed by atoms with Crippen molar-refractivity contribution < 1.29 is 0 Å². The van der Waals surface area contributed by atoms with Crippen molar-refractivity contribution in [3.63, 3.8) is 0 Å². The number of nitrogens with one attached hydrogen (secondary N) is 1. The third-order valence-electron chi connectivity index (χ3n) is 4.16. The molecule has 0 saturated carbocycles. The van der Waals surface area contributed by atoms with Gasteiger partial charge in [0, 0.05) is 31.6 Å². The van der Waals surface area contributed by atoms with E-state index in [-0.39, 0.29) is 5.41 Å². The molecule has 0 bridgehead atoms. The molecule has 118 valence electrons. The Hall–Kier alpha value is -1.81. The lowest BCUT2D eigenvalue weighted by Gasteiger charge is -2.32. The smallest absolute Gasteiger partial charge is 0.0796 e. The summed E-state index contributed by atoms with van der Waals surface area (Å²) in [6.45, 7) is 13.1. The average Bonchev–Trinajstić information content (AvgIpc) is 2.93. The maximum Gasteiger partial charge on any atom is 0.0796 e. The molecule has 3 rings (SSSR count). The van der Waals surface area contributed by atoms with E-state index in [2.05, 4.69) is 66.9 Å². The van der Waals surface area contributed by atoms with Crippen molar-refractivity contribution in [3.8, 4) is 5.69 Å². The monoisotopic (exact) mass is 298 g/mol. The lowest BCUT2D eigenvalue weighted by atomic mass is 9.90. The predicted molar refractivity (Wildman–Crippen MR) is 92.1 cm³/mol. The fourth-order valence-electron chi connectivity index (χ4n) is 3.13. The minimum absolute atomic E-state index is 0.0421. The Kier molecular flexibility index (Phi) is 3.96. The lowest BCUT2D eigenvalue weighted by molar-refractivity contribution is 0.534. The first-order chi connectivity index (χ1) is 10.5. The Morgan fingerprint density at radius 3 is 2.50 bits per heavy atom. The highest BCUT2D eigenvalue weighted by atomic mass is 15.3. The van der Waals surface area contributed by atoms with Gasteiger partial charge in [0.15, 0.2) is 0 Å². The summed E-state index contributed by atoms with van der Waals surface area (Å²) in [5.74, 6) is 0. The minimum Gasteiger partial charge on any atom is -0.366 e. The number of aryl methyl sites for hydroxylation is 1. The van der Waals surface area contributed by atoms with E-state index in [4.69, 9.17) is 5.10 Å². The third-order valence-corrected chi connectivity index (χ3v) is 4.16. The van der Waals surface area contributed by atoms with Gasteiger partial charge in [0.25, 0.3) is 0 Å². The van der Waals surface area contributed by atoms with Gasteiger partial charge in [-0.3, -0.25) is 0 Å². The maximum atomic E-state index is 4.72. The van der Waals surface area contributed by atoms with Gasteiger partial charge in [0.2, 0.25) is 0 Å². The number of aromatic nitrogens is 2. The molecule has 1 aromatic heterocycles. The van der Waals surface area contributed by atoms with Crippen molar-refractivity contribution in [3.05, 3.63) is 41.7 Å². The minimum atomic E-state index is 0.0421. The topological polar surface area (TPSA) is 33.1 Å². The summed E-state index contributed by atoms with van der Waals surface area (Å²) in [4.78, 5) is 2.45. The van der Waals surface area contributed by atoms with Crippen LogP contribution in [0.25, 0.3) is 5.69 Å². The van der Waals surface area contributed by atoms with Crippen LogP contribution in [0, 0.1) is 6.92 Å². The normalized spacial score (nSPS) is 16.1. The molecule has 1 fully saturated rings. The van der Waals surface area contributed by atoms with Crippen molar-refractivity contribution in [1.82, 2.24) is 15.1 Å². The molecular weight excluding hydrogens is 272 g/mol. The molecule has 1 aliphatic rings. The van der Waals surface area contributed by atoms with Gasteiger partial charge in [-0.05, 0) is 24.6 Å². The van der Waals surface area contributed by atoms with Gasteiger partial charge >= 0.3 is 0 Å². The Balaban J connectivity index is 2.09. The van der Waals surface area contributed by atoms with Crippen LogP contribution in [0.1, 0.15) is 32.0 Å². The zero-order valence-corrected chi connectivity index (χ0v) is 14.1. The van der Waals surface area contributed by atoms with E-state index in [1.54, 1.807) is 0 Å². The van der Waals surface area contributed by atoms with Crippen LogP contribution >= 0.6 is 0 Å². The molecule has 1 aliphatic heterocycles. The van der Waals surface area contributed by atoms with Crippen LogP contribution in [0.5, 0.6) is 0 Å². The number of hydrogen-bond donors (Lipinski definition) is 1. The van der Waals surface area contributed by atoms with E-state index < -0.39 is 0 Å². The SMILES string of the molecule is Cc1cccc(-n2ncc(N3CCNCC3)c2C(C)(C)C)c1. The summed E-state index contributed by atoms with van der Waals surface area (Å²) in [5.41, 5.74) is 5.01. The highest BCUT2D eigenvalue weighted by molar-refractivity contribution is 5.56. The standard InChI is InChI=1S/C18H26N4/c1-14-6-5-7-15(12-14)22-17(18(2,3)4)16(13-20-22)21-10-8-19-9-11-21/h5-7,12-13,19H,8-11H2,1-4H3. The van der Waals surface area contributed by atoms with E-state index in [0.717, 1.165) is 31.9 Å². The number of piperazine rings is 1. The first kappa shape index (κ1) is 15.1. The Morgan fingerprint density at radius 1 is 1.14 bits per heavy atom. The van der Waals surface area contributed by atoms with Crippen LogP contribution < -0.4 is 10.2 Å². The molecule has 0 radical (unpaired) electrons. The van der Waals surface area contributed by atoms with Crippen LogP contribution in [0.3, 0.4) is 0 Å². The lowest BCUT2D eigenvalue weighted by Crippen LogP contribution is -2.44. The van der Waals surface area contributed by atoms with Crippen LogP contribution in [-0.2, 0) is 5.41 Å². The summed E-state index contributed by atoms with van der Waals surface area (Å²) in [6.07, 6.45) is 2.04. The van der Waals surface area contributed by atoms with Crippen LogP contribution in [-0.4, -0.2) is 36.0 Å². The molecule has 0 aliphatic carbocycles. The van der Waals surface area contributed by atoms with Gasteiger partial charge in [-0.25, -0.2) is 4.68 Å². The third kappa shape index (κ3) is 2.88. The van der Waals surface area contributed by atoms with Crippen LogP contribution in [0.15, 0.2) is 30.5 Å². The molecular formula is C18H26N4. The highest BCUT2D eigenvalue weighted by Gasteiger charge is 2.28. The second-order valence-corrected chi connectivity index (χ2v) is 7.12. The molecule has 1 saturated heterocycles. The van der Waals surface area contributed by atoms with Crippen molar-refractivity contribution in [2.75, 3.05) is 31.1 Å². The first-order valence-electron chi connectivity index (χ1n) is 8.08. The molecule has 0 unspecified atom stereocenters. The van der Waals surface area contributed by atoms with E-state index >= 15 is 0 Å². The summed E-state index contributed by atoms with van der Waals surface area (Å²) >= 11 is 0. The van der Waals surface area contributed by atoms with Gasteiger partial charge in [0.05, 0.1) is 23.3 Å². The van der Waals surface area contributed by atoms with Crippen molar-refractivity contribution in [2.45, 2.75) is 33.1 Å². The second kappa shape index (κ2) is 5.76. The molecule has 0 amide bonds. The van der Waals surface area contributed by atoms with Gasteiger partial charge in [-0.15, -0.1) is 0 Å². The fraction of sp³-hybridized carbons (Fsp3) is 0.500. The number of benzene rings is 1. The Bertz CT molecular complexity index is 645. The van der Waals surface area contributed by atoms with Gasteiger partial charge < -0.3 is 10.2 Å². The molecule has 22 heavy (non-hydrogen) atoms. The van der Waals surface area contributed by atoms with E-state index in [0.29, 0.717) is 0 Å². The fourth-order valence-corrected chi connectivity index (χ4v) is 3.13. The molecule has 0 atom stereocenters. The number of anilines is 1. The molecule has 4 heteroatoms. The Labute approximate surface area is 133 Å². The van der Waals surface area contributed by atoms with Crippen LogP contribution in [0.2, 0.25) is 0 Å². The summed E-state index contributed by atoms with van der Waals surface area (Å²) in [5, 5.41) is 8.14. The molecule has 1 aromatic carbocycles. The van der Waals surface area contributed by atoms with E-state index in [1.165, 1.54) is 16.9 Å². The largest absolute Gasteiger partial charge is 0.366 e. The van der Waals surface area contributed by atoms with Gasteiger partial charge in [-0.2, -0.15) is 5.10 Å². The maximum absolute atomic E-state index is 4.72. The van der Waals surface area contributed by atoms with Crippen LogP contribution in [0.4, 0.5) is 5.69 Å². The molecule has 1 N–H and O–H groups in total. The van der Waals surface area contributed by atoms with Crippen molar-refractivity contribution in [1.29, 1.82) is 0 Å². The van der Waals surface area contributed by atoms with E-state index in [9.17, 15) is 0 Å². The average molecular weight is 298 g/mol. The summed E-state index contributed by atoms with van der Waals surface area (Å²) < 4.78 is 2.12. The quantitative estimate of drug-likeness (QED) is 0.925. The number of rotatable bonds is 2. The first-order valence-corrected chi connectivity index (χ1v) is 8.08. The van der Waals surface area contributed by atoms with Crippen molar-refractivity contribution in [2.24, 2.45) is 0 Å². The zero-order valence-electron chi connectivity index (χ0n) is 14.1. The Morgan fingerprint density at radius 2 is 1.86 bits per heavy atom. The molecule has 4 nitrogen and oxygen atoms in total. The second-order valence-electron chi connectivity index (χ2n) is 7.12. The molecule has 0 spiro atoms. The zero-order chi connectivity index (χ0) is 15.7. The van der Waals surface area contributed by atoms with Gasteiger partial charge in [-0.1, -0.05) is 32.9 Å². The highest BCUT2D eigenvalue weighted by Crippen LogP contribution is 2.34. The summed E-state index contributed by atoms with van der Waals surface area (Å²) in [6, 6.07) is 8.56. The molecule has 2 heterocycles. The molecule has 2 aromatic rings. The predicted octanol–water partition coefficient (Wildman–Crippen LogP) is 2.89. The summed E-state index contributed by atoms with van der Waals surface area (Å²) in [7, 11) is 0.